The molecule has 84 valence electrons. The summed E-state index contributed by atoms with van der Waals surface area (Å²) >= 11 is 0. The highest BCUT2D eigenvalue weighted by molar-refractivity contribution is 5.29. The minimum Gasteiger partial charge on any atom is -0.508 e. The summed E-state index contributed by atoms with van der Waals surface area (Å²) in [6.45, 7) is 6.46. The average Bonchev–Trinajstić information content (AvgIpc) is 2.24. The third-order valence-corrected chi connectivity index (χ3v) is 2.68. The second-order valence-electron chi connectivity index (χ2n) is 3.99. The normalized spacial score (nSPS) is 12.7. The zero-order valence-electron chi connectivity index (χ0n) is 9.66. The summed E-state index contributed by atoms with van der Waals surface area (Å²) in [4.78, 5) is 0. The Morgan fingerprint density at radius 3 is 2.87 bits per heavy atom. The molecule has 2 nitrogen and oxygen atoms in total. The Balaban J connectivity index is 2.36. The molecule has 0 saturated carbocycles. The van der Waals surface area contributed by atoms with Crippen LogP contribution in [0, 0.1) is 0 Å². The van der Waals surface area contributed by atoms with E-state index in [4.69, 9.17) is 0 Å². The second kappa shape index (κ2) is 6.46. The molecule has 1 atom stereocenters. The largest absolute Gasteiger partial charge is 0.508 e. The third-order valence-electron chi connectivity index (χ3n) is 2.68. The molecular formula is C13H21NO. The van der Waals surface area contributed by atoms with E-state index in [0.717, 1.165) is 19.5 Å². The summed E-state index contributed by atoms with van der Waals surface area (Å²) in [6.07, 6.45) is 2.35. The first-order valence-electron chi connectivity index (χ1n) is 5.73. The monoisotopic (exact) mass is 207 g/mol. The van der Waals surface area contributed by atoms with E-state index >= 15 is 0 Å². The lowest BCUT2D eigenvalue weighted by molar-refractivity contribution is 0.473. The molecule has 1 aromatic carbocycles. The van der Waals surface area contributed by atoms with Gasteiger partial charge in [-0.3, -0.25) is 0 Å². The number of aromatic hydroxyl groups is 1. The van der Waals surface area contributed by atoms with Crippen LogP contribution in [-0.2, 0) is 0 Å². The van der Waals surface area contributed by atoms with Gasteiger partial charge < -0.3 is 10.4 Å². The van der Waals surface area contributed by atoms with Crippen molar-refractivity contribution in [2.24, 2.45) is 0 Å². The number of hydrogen-bond acceptors (Lipinski definition) is 2. The van der Waals surface area contributed by atoms with Crippen molar-refractivity contribution in [2.75, 3.05) is 13.1 Å². The topological polar surface area (TPSA) is 32.3 Å². The van der Waals surface area contributed by atoms with E-state index in [1.165, 1.54) is 12.0 Å². The molecule has 0 spiro atoms. The van der Waals surface area contributed by atoms with Gasteiger partial charge in [-0.1, -0.05) is 26.0 Å². The molecular weight excluding hydrogens is 186 g/mol. The molecule has 1 aromatic rings. The van der Waals surface area contributed by atoms with E-state index in [-0.39, 0.29) is 0 Å². The van der Waals surface area contributed by atoms with Crippen molar-refractivity contribution in [2.45, 2.75) is 32.6 Å². The van der Waals surface area contributed by atoms with Gasteiger partial charge >= 0.3 is 0 Å². The Kier molecular flexibility index (Phi) is 5.19. The average molecular weight is 207 g/mol. The number of phenolic OH excluding ortho intramolecular Hbond substituents is 1. The van der Waals surface area contributed by atoms with E-state index < -0.39 is 0 Å². The fourth-order valence-electron chi connectivity index (χ4n) is 1.71. The highest BCUT2D eigenvalue weighted by atomic mass is 16.3. The Bertz CT molecular complexity index is 286. The molecule has 0 aliphatic carbocycles. The van der Waals surface area contributed by atoms with Gasteiger partial charge in [-0.25, -0.2) is 0 Å². The van der Waals surface area contributed by atoms with Crippen molar-refractivity contribution in [1.29, 1.82) is 0 Å². The van der Waals surface area contributed by atoms with Crippen molar-refractivity contribution in [1.82, 2.24) is 5.32 Å². The smallest absolute Gasteiger partial charge is 0.115 e. The standard InChI is InChI=1S/C13H21NO/c1-3-14-9-5-6-11(2)12-7-4-8-13(15)10-12/h4,7-8,10-11,14-15H,3,5-6,9H2,1-2H3. The Labute approximate surface area is 92.3 Å². The highest BCUT2D eigenvalue weighted by Crippen LogP contribution is 2.23. The van der Waals surface area contributed by atoms with Gasteiger partial charge in [-0.05, 0) is 49.5 Å². The van der Waals surface area contributed by atoms with Crippen molar-refractivity contribution in [3.63, 3.8) is 0 Å². The van der Waals surface area contributed by atoms with E-state index in [0.29, 0.717) is 11.7 Å². The Morgan fingerprint density at radius 2 is 2.20 bits per heavy atom. The van der Waals surface area contributed by atoms with Crippen LogP contribution in [0.2, 0.25) is 0 Å². The van der Waals surface area contributed by atoms with E-state index in [1.807, 2.05) is 12.1 Å². The van der Waals surface area contributed by atoms with Gasteiger partial charge in [0, 0.05) is 0 Å². The van der Waals surface area contributed by atoms with Gasteiger partial charge in [0.25, 0.3) is 0 Å². The predicted octanol–water partition coefficient (Wildman–Crippen LogP) is 2.89. The van der Waals surface area contributed by atoms with Gasteiger partial charge in [0.15, 0.2) is 0 Å². The predicted molar refractivity (Wildman–Crippen MR) is 64.3 cm³/mol. The number of rotatable bonds is 6. The lowest BCUT2D eigenvalue weighted by atomic mass is 9.96. The maximum atomic E-state index is 9.36. The molecule has 1 rings (SSSR count). The summed E-state index contributed by atoms with van der Waals surface area (Å²) < 4.78 is 0. The Morgan fingerprint density at radius 1 is 1.40 bits per heavy atom. The lowest BCUT2D eigenvalue weighted by Crippen LogP contribution is -2.14. The summed E-state index contributed by atoms with van der Waals surface area (Å²) in [5.74, 6) is 0.891. The van der Waals surface area contributed by atoms with Gasteiger partial charge in [-0.2, -0.15) is 0 Å². The summed E-state index contributed by atoms with van der Waals surface area (Å²) in [7, 11) is 0. The van der Waals surface area contributed by atoms with Crippen LogP contribution in [0.5, 0.6) is 5.75 Å². The zero-order chi connectivity index (χ0) is 11.1. The first-order chi connectivity index (χ1) is 7.24. The number of phenols is 1. The zero-order valence-corrected chi connectivity index (χ0v) is 9.66. The van der Waals surface area contributed by atoms with Gasteiger partial charge in [0.05, 0.1) is 0 Å². The van der Waals surface area contributed by atoms with Gasteiger partial charge in [0.2, 0.25) is 0 Å². The minimum absolute atomic E-state index is 0.367. The molecule has 0 heterocycles. The van der Waals surface area contributed by atoms with Crippen LogP contribution >= 0.6 is 0 Å². The molecule has 0 radical (unpaired) electrons. The molecule has 0 bridgehead atoms. The van der Waals surface area contributed by atoms with Crippen LogP contribution in [-0.4, -0.2) is 18.2 Å². The molecule has 0 saturated heterocycles. The molecule has 0 aliphatic rings. The van der Waals surface area contributed by atoms with Gasteiger partial charge in [-0.15, -0.1) is 0 Å². The SMILES string of the molecule is CCNCCCC(C)c1cccc(O)c1. The van der Waals surface area contributed by atoms with Crippen LogP contribution in [0.15, 0.2) is 24.3 Å². The Hall–Kier alpha value is -1.02. The van der Waals surface area contributed by atoms with Crippen LogP contribution < -0.4 is 5.32 Å². The van der Waals surface area contributed by atoms with Crippen molar-refractivity contribution in [3.05, 3.63) is 29.8 Å². The van der Waals surface area contributed by atoms with Crippen molar-refractivity contribution in [3.8, 4) is 5.75 Å². The summed E-state index contributed by atoms with van der Waals surface area (Å²) in [6, 6.07) is 7.57. The summed E-state index contributed by atoms with van der Waals surface area (Å²) in [5.41, 5.74) is 1.23. The number of nitrogens with one attached hydrogen (secondary N) is 1. The molecule has 2 N–H and O–H groups in total. The minimum atomic E-state index is 0.367. The van der Waals surface area contributed by atoms with Gasteiger partial charge in [0.1, 0.15) is 5.75 Å². The molecule has 1 unspecified atom stereocenters. The summed E-state index contributed by atoms with van der Waals surface area (Å²) in [5, 5.41) is 12.7. The maximum absolute atomic E-state index is 9.36. The molecule has 0 aliphatic heterocycles. The quantitative estimate of drug-likeness (QED) is 0.703. The first-order valence-corrected chi connectivity index (χ1v) is 5.73. The third kappa shape index (κ3) is 4.34. The number of benzene rings is 1. The number of hydrogen-bond donors (Lipinski definition) is 2. The maximum Gasteiger partial charge on any atom is 0.115 e. The van der Waals surface area contributed by atoms with Crippen LogP contribution in [0.3, 0.4) is 0 Å². The molecule has 0 fully saturated rings. The van der Waals surface area contributed by atoms with Crippen LogP contribution in [0.25, 0.3) is 0 Å². The van der Waals surface area contributed by atoms with Crippen LogP contribution in [0.4, 0.5) is 0 Å². The van der Waals surface area contributed by atoms with E-state index in [9.17, 15) is 5.11 Å². The van der Waals surface area contributed by atoms with Crippen molar-refractivity contribution < 1.29 is 5.11 Å². The lowest BCUT2D eigenvalue weighted by Gasteiger charge is -2.12. The second-order valence-corrected chi connectivity index (χ2v) is 3.99. The fourth-order valence-corrected chi connectivity index (χ4v) is 1.71. The highest BCUT2D eigenvalue weighted by Gasteiger charge is 2.05. The molecule has 0 amide bonds. The van der Waals surface area contributed by atoms with Crippen molar-refractivity contribution >= 4 is 0 Å². The first kappa shape index (κ1) is 12.1. The van der Waals surface area contributed by atoms with E-state index in [1.54, 1.807) is 6.07 Å². The fraction of sp³-hybridized carbons (Fsp3) is 0.538. The molecule has 0 aromatic heterocycles. The molecule has 2 heteroatoms. The van der Waals surface area contributed by atoms with E-state index in [2.05, 4.69) is 25.2 Å². The molecule has 15 heavy (non-hydrogen) atoms. The van der Waals surface area contributed by atoms with Crippen LogP contribution in [0.1, 0.15) is 38.2 Å².